The van der Waals surface area contributed by atoms with E-state index in [1.807, 2.05) is 0 Å². The first-order valence-electron chi connectivity index (χ1n) is 5.18. The van der Waals surface area contributed by atoms with E-state index in [4.69, 9.17) is 4.43 Å². The molecule has 0 aromatic carbocycles. The first-order chi connectivity index (χ1) is 6.36. The van der Waals surface area contributed by atoms with Crippen LogP contribution >= 0.6 is 0 Å². The van der Waals surface area contributed by atoms with Gasteiger partial charge in [0, 0.05) is 5.57 Å². The lowest BCUT2D eigenvalue weighted by Crippen LogP contribution is -2.21. The Balaban J connectivity index is 4.07. The van der Waals surface area contributed by atoms with Gasteiger partial charge in [0.25, 0.3) is 0 Å². The Morgan fingerprint density at radius 1 is 1.21 bits per heavy atom. The highest BCUT2D eigenvalue weighted by atomic mass is 28.2. The van der Waals surface area contributed by atoms with Gasteiger partial charge < -0.3 is 4.43 Å². The van der Waals surface area contributed by atoms with Gasteiger partial charge >= 0.3 is 5.97 Å². The topological polar surface area (TPSA) is 26.3 Å². The number of hydrogen-bond donors (Lipinski definition) is 0. The Bertz CT molecular complexity index is 201. The van der Waals surface area contributed by atoms with Crippen molar-refractivity contribution in [3.63, 3.8) is 0 Å². The minimum absolute atomic E-state index is 0.219. The molecule has 0 unspecified atom stereocenters. The highest BCUT2D eigenvalue weighted by Gasteiger charge is 2.20. The molecule has 82 valence electrons. The van der Waals surface area contributed by atoms with Gasteiger partial charge in [0.15, 0.2) is 0 Å². The lowest BCUT2D eigenvalue weighted by atomic mass is 10.00. The number of carbonyl (C=O) groups is 1. The van der Waals surface area contributed by atoms with Gasteiger partial charge in [-0.1, -0.05) is 34.3 Å². The van der Waals surface area contributed by atoms with Crippen molar-refractivity contribution in [2.45, 2.75) is 40.2 Å². The van der Waals surface area contributed by atoms with Crippen molar-refractivity contribution in [1.82, 2.24) is 0 Å². The first kappa shape index (κ1) is 13.4. The van der Waals surface area contributed by atoms with E-state index >= 15 is 0 Å². The second-order valence-electron chi connectivity index (χ2n) is 4.53. The SMILES string of the molecule is C=C(C)C(=O)O[SiH2]C(C(C)C)C(C)C. The first-order valence-corrected chi connectivity index (χ1v) is 6.58. The lowest BCUT2D eigenvalue weighted by molar-refractivity contribution is -0.130. The zero-order chi connectivity index (χ0) is 11.3. The third-order valence-electron chi connectivity index (χ3n) is 2.47. The largest absolute Gasteiger partial charge is 0.521 e. The molecule has 0 saturated carbocycles. The van der Waals surface area contributed by atoms with Crippen molar-refractivity contribution in [2.75, 3.05) is 0 Å². The van der Waals surface area contributed by atoms with Gasteiger partial charge in [0.1, 0.15) is 0 Å². The molecule has 3 heteroatoms. The maximum absolute atomic E-state index is 11.2. The van der Waals surface area contributed by atoms with Crippen molar-refractivity contribution in [1.29, 1.82) is 0 Å². The average Bonchev–Trinajstić information content (AvgIpc) is 2.02. The third kappa shape index (κ3) is 4.60. The van der Waals surface area contributed by atoms with Crippen molar-refractivity contribution in [3.05, 3.63) is 12.2 Å². The van der Waals surface area contributed by atoms with Gasteiger partial charge in [-0.15, -0.1) is 0 Å². The molecular weight excluding hydrogens is 192 g/mol. The van der Waals surface area contributed by atoms with Crippen molar-refractivity contribution >= 4 is 15.7 Å². The number of hydrogen-bond acceptors (Lipinski definition) is 2. The fourth-order valence-electron chi connectivity index (χ4n) is 1.45. The summed E-state index contributed by atoms with van der Waals surface area (Å²) in [6.07, 6.45) is 0. The lowest BCUT2D eigenvalue weighted by Gasteiger charge is -2.23. The fourth-order valence-corrected chi connectivity index (χ4v) is 2.81. The molecule has 0 atom stereocenters. The maximum Gasteiger partial charge on any atom is 0.319 e. The van der Waals surface area contributed by atoms with Gasteiger partial charge in [-0.25, -0.2) is 4.79 Å². The zero-order valence-corrected chi connectivity index (χ0v) is 11.4. The Morgan fingerprint density at radius 2 is 1.64 bits per heavy atom. The predicted octanol–water partition coefficient (Wildman–Crippen LogP) is 2.29. The molecule has 14 heavy (non-hydrogen) atoms. The molecule has 0 aromatic heterocycles. The molecule has 0 N–H and O–H groups in total. The van der Waals surface area contributed by atoms with Crippen LogP contribution in [0.1, 0.15) is 34.6 Å². The molecule has 0 bridgehead atoms. The molecule has 0 aliphatic carbocycles. The minimum atomic E-state index is -0.770. The molecule has 0 fully saturated rings. The van der Waals surface area contributed by atoms with Crippen molar-refractivity contribution in [3.8, 4) is 0 Å². The molecule has 0 heterocycles. The molecule has 0 aliphatic heterocycles. The average molecular weight is 214 g/mol. The van der Waals surface area contributed by atoms with Gasteiger partial charge in [-0.05, 0) is 24.3 Å². The molecular formula is C11H22O2Si. The van der Waals surface area contributed by atoms with Crippen LogP contribution in [0.25, 0.3) is 0 Å². The van der Waals surface area contributed by atoms with Crippen molar-refractivity contribution < 1.29 is 9.22 Å². The summed E-state index contributed by atoms with van der Waals surface area (Å²) in [5.74, 6) is 0.974. The van der Waals surface area contributed by atoms with E-state index in [0.29, 0.717) is 23.0 Å². The molecule has 0 amide bonds. The Kier molecular flexibility index (Phi) is 5.77. The molecule has 0 spiro atoms. The van der Waals surface area contributed by atoms with Gasteiger partial charge in [-0.2, -0.15) is 0 Å². The zero-order valence-electron chi connectivity index (χ0n) is 9.96. The van der Waals surface area contributed by atoms with Crippen LogP contribution in [-0.4, -0.2) is 15.7 Å². The highest BCUT2D eigenvalue weighted by Crippen LogP contribution is 2.25. The maximum atomic E-state index is 11.2. The Morgan fingerprint density at radius 3 is 1.93 bits per heavy atom. The van der Waals surface area contributed by atoms with E-state index in [-0.39, 0.29) is 5.97 Å². The fraction of sp³-hybridized carbons (Fsp3) is 0.727. The van der Waals surface area contributed by atoms with Crippen molar-refractivity contribution in [2.24, 2.45) is 11.8 Å². The quantitative estimate of drug-likeness (QED) is 0.518. The standard InChI is InChI=1S/C11H22O2Si/c1-7(2)10(8(3)4)14-13-11(12)9(5)6/h7-8,10H,5,14H2,1-4,6H3. The normalized spacial score (nSPS) is 12.0. The third-order valence-corrected chi connectivity index (χ3v) is 5.17. The van der Waals surface area contributed by atoms with Crippen LogP contribution in [0.2, 0.25) is 5.54 Å². The molecule has 0 radical (unpaired) electrons. The highest BCUT2D eigenvalue weighted by molar-refractivity contribution is 6.33. The van der Waals surface area contributed by atoms with Gasteiger partial charge in [0.05, 0.1) is 0 Å². The Hall–Kier alpha value is -0.573. The van der Waals surface area contributed by atoms with Crippen LogP contribution in [0, 0.1) is 11.8 Å². The summed E-state index contributed by atoms with van der Waals surface area (Å²) in [7, 11) is -0.770. The molecule has 0 saturated heterocycles. The second-order valence-corrected chi connectivity index (χ2v) is 6.10. The predicted molar refractivity (Wildman–Crippen MR) is 62.9 cm³/mol. The summed E-state index contributed by atoms with van der Waals surface area (Å²) in [4.78, 5) is 11.2. The monoisotopic (exact) mass is 214 g/mol. The van der Waals surface area contributed by atoms with E-state index in [2.05, 4.69) is 34.3 Å². The van der Waals surface area contributed by atoms with Crippen LogP contribution in [0.5, 0.6) is 0 Å². The van der Waals surface area contributed by atoms with E-state index < -0.39 is 9.76 Å². The summed E-state index contributed by atoms with van der Waals surface area (Å²) < 4.78 is 5.29. The summed E-state index contributed by atoms with van der Waals surface area (Å²) in [5.41, 5.74) is 1.07. The molecule has 0 aliphatic rings. The smallest absolute Gasteiger partial charge is 0.319 e. The summed E-state index contributed by atoms with van der Waals surface area (Å²) in [5, 5.41) is 0. The minimum Gasteiger partial charge on any atom is -0.521 e. The number of carbonyl (C=O) groups excluding carboxylic acids is 1. The summed E-state index contributed by atoms with van der Waals surface area (Å²) in [6, 6.07) is 0. The summed E-state index contributed by atoms with van der Waals surface area (Å²) in [6.45, 7) is 14.0. The van der Waals surface area contributed by atoms with Gasteiger partial charge in [0.2, 0.25) is 9.76 Å². The van der Waals surface area contributed by atoms with Crippen LogP contribution in [0.3, 0.4) is 0 Å². The Labute approximate surface area is 89.7 Å². The summed E-state index contributed by atoms with van der Waals surface area (Å²) >= 11 is 0. The van der Waals surface area contributed by atoms with Gasteiger partial charge in [-0.3, -0.25) is 0 Å². The van der Waals surface area contributed by atoms with Crippen LogP contribution in [0.4, 0.5) is 0 Å². The van der Waals surface area contributed by atoms with E-state index in [1.165, 1.54) is 0 Å². The number of rotatable bonds is 5. The molecule has 2 nitrogen and oxygen atoms in total. The molecule has 0 aromatic rings. The van der Waals surface area contributed by atoms with E-state index in [1.54, 1.807) is 6.92 Å². The van der Waals surface area contributed by atoms with Crippen LogP contribution < -0.4 is 0 Å². The second kappa shape index (κ2) is 6.01. The van der Waals surface area contributed by atoms with E-state index in [9.17, 15) is 4.79 Å². The van der Waals surface area contributed by atoms with Crippen LogP contribution in [-0.2, 0) is 9.22 Å². The van der Waals surface area contributed by atoms with E-state index in [0.717, 1.165) is 0 Å². The van der Waals surface area contributed by atoms with Crippen LogP contribution in [0.15, 0.2) is 12.2 Å². The molecule has 0 rings (SSSR count).